The molecule has 0 fully saturated rings. The predicted octanol–water partition coefficient (Wildman–Crippen LogP) is 10.0. The van der Waals surface area contributed by atoms with Crippen LogP contribution >= 0.6 is 11.3 Å². The second kappa shape index (κ2) is 9.15. The first-order valence-electron chi connectivity index (χ1n) is 14.2. The third-order valence-electron chi connectivity index (χ3n) is 8.36. The average molecular weight is 567 g/mol. The summed E-state index contributed by atoms with van der Waals surface area (Å²) in [6.07, 6.45) is 2.21. The van der Waals surface area contributed by atoms with Crippen LogP contribution in [0.1, 0.15) is 5.56 Å². The first-order chi connectivity index (χ1) is 21.2. The quantitative estimate of drug-likeness (QED) is 0.214. The van der Waals surface area contributed by atoms with Gasteiger partial charge in [0.25, 0.3) is 0 Å². The van der Waals surface area contributed by atoms with Gasteiger partial charge in [-0.1, -0.05) is 60.7 Å². The summed E-state index contributed by atoms with van der Waals surface area (Å²) in [5.74, 6) is 0. The van der Waals surface area contributed by atoms with Crippen molar-refractivity contribution in [2.75, 3.05) is 0 Å². The van der Waals surface area contributed by atoms with Crippen molar-refractivity contribution in [1.29, 1.82) is 5.26 Å². The first kappa shape index (κ1) is 24.0. The van der Waals surface area contributed by atoms with Gasteiger partial charge in [-0.2, -0.15) is 5.26 Å². The van der Waals surface area contributed by atoms with E-state index in [2.05, 4.69) is 130 Å². The standard InChI is InChI=1S/C38H22N4S/c39-22-24-13-16-33-31(19-24)32-21-27(14-17-34(32)42(33)29-9-2-1-3-10-29)25-7-6-8-26(20-25)28-15-18-36-40-37-30-11-4-5-12-35(30)43-38(37)41(36)23-28/h1-21,23H. The number of fused-ring (bicyclic) bond motifs is 8. The second-order valence-electron chi connectivity index (χ2n) is 10.8. The van der Waals surface area contributed by atoms with Crippen LogP contribution in [0.4, 0.5) is 0 Å². The van der Waals surface area contributed by atoms with E-state index in [1.165, 1.54) is 14.9 Å². The number of hydrogen-bond acceptors (Lipinski definition) is 3. The van der Waals surface area contributed by atoms with E-state index >= 15 is 0 Å². The highest BCUT2D eigenvalue weighted by Crippen LogP contribution is 2.37. The molecule has 0 bridgehead atoms. The molecule has 0 atom stereocenters. The van der Waals surface area contributed by atoms with E-state index in [9.17, 15) is 5.26 Å². The molecule has 0 saturated carbocycles. The Morgan fingerprint density at radius 2 is 1.33 bits per heavy atom. The summed E-state index contributed by atoms with van der Waals surface area (Å²) in [7, 11) is 0. The van der Waals surface area contributed by atoms with Crippen LogP contribution in [0.5, 0.6) is 0 Å². The molecule has 9 aromatic rings. The first-order valence-corrected chi connectivity index (χ1v) is 15.0. The lowest BCUT2D eigenvalue weighted by molar-refractivity contribution is 1.18. The highest BCUT2D eigenvalue weighted by Gasteiger charge is 2.15. The molecule has 5 aromatic carbocycles. The van der Waals surface area contributed by atoms with E-state index < -0.39 is 0 Å². The number of hydrogen-bond donors (Lipinski definition) is 0. The van der Waals surface area contributed by atoms with Crippen LogP contribution in [-0.2, 0) is 0 Å². The Kier molecular flexibility index (Phi) is 5.10. The van der Waals surface area contributed by atoms with Gasteiger partial charge in [-0.3, -0.25) is 4.40 Å². The predicted molar refractivity (Wildman–Crippen MR) is 178 cm³/mol. The van der Waals surface area contributed by atoms with Crippen LogP contribution < -0.4 is 0 Å². The maximum absolute atomic E-state index is 9.65. The normalized spacial score (nSPS) is 11.7. The van der Waals surface area contributed by atoms with Crippen LogP contribution in [0.15, 0.2) is 134 Å². The molecule has 200 valence electrons. The Hall–Kier alpha value is -5.70. The number of nitrogens with zero attached hydrogens (tertiary/aromatic N) is 4. The molecule has 43 heavy (non-hydrogen) atoms. The number of para-hydroxylation sites is 1. The SMILES string of the molecule is N#Cc1ccc2c(c1)c1cc(-c3cccc(-c4ccc5nc6c7ccccc7sc6n5c4)c3)ccc1n2-c1ccccc1. The number of aromatic nitrogens is 3. The fraction of sp³-hybridized carbons (Fsp3) is 0. The zero-order chi connectivity index (χ0) is 28.5. The molecule has 0 N–H and O–H groups in total. The molecule has 0 aliphatic rings. The summed E-state index contributed by atoms with van der Waals surface area (Å²) in [6.45, 7) is 0. The highest BCUT2D eigenvalue weighted by molar-refractivity contribution is 7.25. The van der Waals surface area contributed by atoms with Crippen LogP contribution in [-0.4, -0.2) is 14.0 Å². The van der Waals surface area contributed by atoms with Gasteiger partial charge >= 0.3 is 0 Å². The summed E-state index contributed by atoms with van der Waals surface area (Å²) < 4.78 is 5.76. The van der Waals surface area contributed by atoms with E-state index in [1.54, 1.807) is 11.3 Å². The Morgan fingerprint density at radius 3 is 2.19 bits per heavy atom. The molecule has 0 saturated heterocycles. The number of rotatable bonds is 3. The lowest BCUT2D eigenvalue weighted by atomic mass is 9.98. The van der Waals surface area contributed by atoms with Gasteiger partial charge in [-0.25, -0.2) is 4.98 Å². The Balaban J connectivity index is 1.19. The van der Waals surface area contributed by atoms with Crippen molar-refractivity contribution in [2.24, 2.45) is 0 Å². The van der Waals surface area contributed by atoms with Gasteiger partial charge in [-0.05, 0) is 89.0 Å². The largest absolute Gasteiger partial charge is 0.309 e. The van der Waals surface area contributed by atoms with E-state index in [0.717, 1.165) is 60.9 Å². The third kappa shape index (κ3) is 3.64. The molecular formula is C38H22N4S. The van der Waals surface area contributed by atoms with E-state index in [-0.39, 0.29) is 0 Å². The zero-order valence-corrected chi connectivity index (χ0v) is 23.7. The van der Waals surface area contributed by atoms with E-state index in [4.69, 9.17) is 4.98 Å². The summed E-state index contributed by atoms with van der Waals surface area (Å²) in [6, 6.07) is 46.8. The van der Waals surface area contributed by atoms with Crippen LogP contribution in [0.2, 0.25) is 0 Å². The van der Waals surface area contributed by atoms with Crippen LogP contribution in [0.25, 0.3) is 75.8 Å². The number of nitriles is 1. The molecular weight excluding hydrogens is 545 g/mol. The van der Waals surface area contributed by atoms with Gasteiger partial charge in [0.1, 0.15) is 16.0 Å². The molecule has 0 radical (unpaired) electrons. The van der Waals surface area contributed by atoms with Crippen molar-refractivity contribution < 1.29 is 0 Å². The van der Waals surface area contributed by atoms with Gasteiger partial charge < -0.3 is 4.57 Å². The fourth-order valence-electron chi connectivity index (χ4n) is 6.33. The van der Waals surface area contributed by atoms with Crippen LogP contribution in [0.3, 0.4) is 0 Å². The van der Waals surface area contributed by atoms with Gasteiger partial charge in [0.05, 0.1) is 22.7 Å². The van der Waals surface area contributed by atoms with Crippen molar-refractivity contribution in [2.45, 2.75) is 0 Å². The molecule has 4 heterocycles. The lowest BCUT2D eigenvalue weighted by Crippen LogP contribution is -1.93. The number of benzene rings is 5. The molecule has 0 amide bonds. The molecule has 0 spiro atoms. The monoisotopic (exact) mass is 566 g/mol. The molecule has 5 heteroatoms. The van der Waals surface area contributed by atoms with Crippen molar-refractivity contribution in [1.82, 2.24) is 14.0 Å². The lowest BCUT2D eigenvalue weighted by Gasteiger charge is -2.09. The summed E-state index contributed by atoms with van der Waals surface area (Å²) in [4.78, 5) is 6.12. The summed E-state index contributed by atoms with van der Waals surface area (Å²) in [5, 5.41) is 13.1. The molecule has 4 nitrogen and oxygen atoms in total. The maximum atomic E-state index is 9.65. The van der Waals surface area contributed by atoms with Gasteiger partial charge in [0.2, 0.25) is 0 Å². The Bertz CT molecular complexity index is 2580. The smallest absolute Gasteiger partial charge is 0.138 e. The average Bonchev–Trinajstić information content (AvgIpc) is 3.72. The minimum atomic E-state index is 0.662. The topological polar surface area (TPSA) is 46.0 Å². The third-order valence-corrected chi connectivity index (χ3v) is 9.52. The molecule has 0 unspecified atom stereocenters. The van der Waals surface area contributed by atoms with Crippen molar-refractivity contribution >= 4 is 59.2 Å². The number of imidazole rings is 1. The maximum Gasteiger partial charge on any atom is 0.138 e. The molecule has 0 aliphatic carbocycles. The van der Waals surface area contributed by atoms with Gasteiger partial charge in [0, 0.05) is 32.7 Å². The molecule has 4 aromatic heterocycles. The highest BCUT2D eigenvalue weighted by atomic mass is 32.1. The van der Waals surface area contributed by atoms with Crippen molar-refractivity contribution in [3.63, 3.8) is 0 Å². The van der Waals surface area contributed by atoms with Gasteiger partial charge in [-0.15, -0.1) is 11.3 Å². The van der Waals surface area contributed by atoms with Gasteiger partial charge in [0.15, 0.2) is 0 Å². The molecule has 0 aliphatic heterocycles. The minimum Gasteiger partial charge on any atom is -0.309 e. The zero-order valence-electron chi connectivity index (χ0n) is 22.9. The van der Waals surface area contributed by atoms with E-state index in [0.29, 0.717) is 5.56 Å². The Morgan fingerprint density at radius 1 is 0.605 bits per heavy atom. The summed E-state index contributed by atoms with van der Waals surface area (Å²) in [5.41, 5.74) is 10.6. The summed E-state index contributed by atoms with van der Waals surface area (Å²) >= 11 is 1.78. The minimum absolute atomic E-state index is 0.662. The van der Waals surface area contributed by atoms with Crippen LogP contribution in [0, 0.1) is 11.3 Å². The van der Waals surface area contributed by atoms with Crippen molar-refractivity contribution in [3.05, 3.63) is 139 Å². The number of thiophene rings is 1. The van der Waals surface area contributed by atoms with E-state index in [1.807, 2.05) is 18.2 Å². The second-order valence-corrected chi connectivity index (χ2v) is 11.9. The Labute approximate surface area is 250 Å². The fourth-order valence-corrected chi connectivity index (χ4v) is 7.45. The van der Waals surface area contributed by atoms with Crippen molar-refractivity contribution in [3.8, 4) is 34.0 Å². The number of pyridine rings is 1. The molecule has 9 rings (SSSR count).